The Bertz CT molecular complexity index is 414. The number of nitrogens with zero attached hydrogens (tertiary/aromatic N) is 2. The molecule has 2 rings (SSSR count). The first-order valence-corrected chi connectivity index (χ1v) is 4.22. The molecule has 0 aromatic heterocycles. The van der Waals surface area contributed by atoms with Gasteiger partial charge in [-0.05, 0) is 0 Å². The van der Waals surface area contributed by atoms with Gasteiger partial charge in [0.15, 0.2) is 11.6 Å². The standard InChI is InChI=1S/C10H7N2O2/c13-7-1-4-12-9(5-7)8-6-11-3-2-10(8)14/h3-5H,1-2H2. The van der Waals surface area contributed by atoms with E-state index < -0.39 is 0 Å². The molecule has 0 saturated heterocycles. The summed E-state index contributed by atoms with van der Waals surface area (Å²) in [5.74, 6) is -0.148. The lowest BCUT2D eigenvalue weighted by atomic mass is 10.0. The Kier molecular flexibility index (Phi) is 2.18. The molecule has 2 aliphatic heterocycles. The summed E-state index contributed by atoms with van der Waals surface area (Å²) in [6.07, 6.45) is 7.46. The first kappa shape index (κ1) is 8.74. The highest BCUT2D eigenvalue weighted by Crippen LogP contribution is 2.18. The number of Topliss-reactive ketones (excluding diaryl/α,β-unsaturated/α-hetero) is 1. The molecule has 0 amide bonds. The Labute approximate surface area is 80.7 Å². The summed E-state index contributed by atoms with van der Waals surface area (Å²) in [5, 5.41) is 0. The van der Waals surface area contributed by atoms with Crippen LogP contribution in [0.4, 0.5) is 0 Å². The fraction of sp³-hybridized carbons (Fsp3) is 0.200. The third-order valence-electron chi connectivity index (χ3n) is 1.90. The van der Waals surface area contributed by atoms with E-state index in [4.69, 9.17) is 0 Å². The van der Waals surface area contributed by atoms with Gasteiger partial charge in [0.05, 0.1) is 11.3 Å². The number of carbonyl (C=O) groups excluding carboxylic acids is 2. The summed E-state index contributed by atoms with van der Waals surface area (Å²) in [7, 11) is 0. The lowest BCUT2D eigenvalue weighted by Gasteiger charge is -2.09. The van der Waals surface area contributed by atoms with Crippen LogP contribution >= 0.6 is 0 Å². The molecule has 0 spiro atoms. The van der Waals surface area contributed by atoms with Gasteiger partial charge in [-0.1, -0.05) is 0 Å². The Hall–Kier alpha value is -1.84. The SMILES string of the molecule is O=C1C=C(C2=[C]N=CCC2=O)N=CC1. The summed E-state index contributed by atoms with van der Waals surface area (Å²) < 4.78 is 0. The molecule has 0 atom stereocenters. The molecule has 1 radical (unpaired) electrons. The van der Waals surface area contributed by atoms with Gasteiger partial charge in [-0.3, -0.25) is 19.6 Å². The molecule has 0 aliphatic carbocycles. The predicted molar refractivity (Wildman–Crippen MR) is 51.1 cm³/mol. The first-order chi connectivity index (χ1) is 6.77. The lowest BCUT2D eigenvalue weighted by molar-refractivity contribution is -0.114. The number of ketones is 2. The second-order valence-electron chi connectivity index (χ2n) is 2.94. The largest absolute Gasteiger partial charge is 0.294 e. The van der Waals surface area contributed by atoms with Crippen molar-refractivity contribution in [3.05, 3.63) is 23.5 Å². The lowest BCUT2D eigenvalue weighted by Crippen LogP contribution is -2.11. The topological polar surface area (TPSA) is 58.9 Å². The van der Waals surface area contributed by atoms with E-state index in [1.54, 1.807) is 0 Å². The maximum atomic E-state index is 11.4. The van der Waals surface area contributed by atoms with Crippen molar-refractivity contribution < 1.29 is 9.59 Å². The van der Waals surface area contributed by atoms with Crippen molar-refractivity contribution in [3.63, 3.8) is 0 Å². The van der Waals surface area contributed by atoms with Gasteiger partial charge in [-0.25, -0.2) is 0 Å². The van der Waals surface area contributed by atoms with Crippen molar-refractivity contribution in [2.24, 2.45) is 9.98 Å². The van der Waals surface area contributed by atoms with E-state index >= 15 is 0 Å². The Morgan fingerprint density at radius 3 is 2.79 bits per heavy atom. The number of allylic oxidation sites excluding steroid dienone is 2. The van der Waals surface area contributed by atoms with Crippen molar-refractivity contribution in [1.82, 2.24) is 0 Å². The van der Waals surface area contributed by atoms with Crippen LogP contribution in [-0.2, 0) is 9.59 Å². The number of hydrogen-bond donors (Lipinski definition) is 0. The third-order valence-corrected chi connectivity index (χ3v) is 1.90. The predicted octanol–water partition coefficient (Wildman–Crippen LogP) is 0.645. The number of rotatable bonds is 1. The zero-order valence-electron chi connectivity index (χ0n) is 7.36. The zero-order chi connectivity index (χ0) is 9.97. The smallest absolute Gasteiger partial charge is 0.172 e. The van der Waals surface area contributed by atoms with E-state index in [2.05, 4.69) is 16.2 Å². The van der Waals surface area contributed by atoms with E-state index in [-0.39, 0.29) is 18.0 Å². The summed E-state index contributed by atoms with van der Waals surface area (Å²) >= 11 is 0. The van der Waals surface area contributed by atoms with Crippen LogP contribution in [0.3, 0.4) is 0 Å². The second kappa shape index (κ2) is 3.49. The Balaban J connectivity index is 2.35. The molecule has 69 valence electrons. The molecule has 0 aromatic carbocycles. The van der Waals surface area contributed by atoms with Gasteiger partial charge in [0.1, 0.15) is 6.20 Å². The highest BCUT2D eigenvalue weighted by Gasteiger charge is 2.18. The van der Waals surface area contributed by atoms with E-state index in [1.807, 2.05) is 0 Å². The van der Waals surface area contributed by atoms with Crippen LogP contribution in [0, 0.1) is 6.20 Å². The van der Waals surface area contributed by atoms with Crippen LogP contribution in [0.25, 0.3) is 0 Å². The minimum atomic E-state index is -0.0990. The number of aliphatic imine (C=N–C) groups is 2. The quantitative estimate of drug-likeness (QED) is 0.605. The van der Waals surface area contributed by atoms with Gasteiger partial charge < -0.3 is 0 Å². The third kappa shape index (κ3) is 1.59. The molecule has 0 unspecified atom stereocenters. The zero-order valence-corrected chi connectivity index (χ0v) is 7.36. The van der Waals surface area contributed by atoms with E-state index in [0.717, 1.165) is 0 Å². The van der Waals surface area contributed by atoms with Crippen LogP contribution in [-0.4, -0.2) is 24.0 Å². The molecule has 4 nitrogen and oxygen atoms in total. The van der Waals surface area contributed by atoms with Gasteiger partial charge in [-0.15, -0.1) is 0 Å². The van der Waals surface area contributed by atoms with E-state index in [0.29, 0.717) is 17.7 Å². The molecule has 0 bridgehead atoms. The molecule has 0 saturated carbocycles. The second-order valence-corrected chi connectivity index (χ2v) is 2.94. The highest BCUT2D eigenvalue weighted by atomic mass is 16.1. The van der Waals surface area contributed by atoms with Crippen LogP contribution in [0.2, 0.25) is 0 Å². The molecule has 0 N–H and O–H groups in total. The van der Waals surface area contributed by atoms with Crippen LogP contribution in [0.5, 0.6) is 0 Å². The Morgan fingerprint density at radius 2 is 2.07 bits per heavy atom. The van der Waals surface area contributed by atoms with Crippen molar-refractivity contribution in [3.8, 4) is 0 Å². The molecule has 0 aromatic rings. The maximum absolute atomic E-state index is 11.4. The molecule has 4 heteroatoms. The summed E-state index contributed by atoms with van der Waals surface area (Å²) in [6.45, 7) is 0. The summed E-state index contributed by atoms with van der Waals surface area (Å²) in [4.78, 5) is 30.2. The molecule has 2 aliphatic rings. The average molecular weight is 187 g/mol. The van der Waals surface area contributed by atoms with Crippen LogP contribution in [0.15, 0.2) is 27.3 Å². The highest BCUT2D eigenvalue weighted by molar-refractivity contribution is 6.10. The van der Waals surface area contributed by atoms with E-state index in [1.165, 1.54) is 18.5 Å². The van der Waals surface area contributed by atoms with Gasteiger partial charge in [0.2, 0.25) is 0 Å². The fourth-order valence-corrected chi connectivity index (χ4v) is 1.22. The molecule has 0 fully saturated rings. The number of hydrogen-bond acceptors (Lipinski definition) is 4. The van der Waals surface area contributed by atoms with Crippen molar-refractivity contribution >= 4 is 24.0 Å². The minimum Gasteiger partial charge on any atom is -0.294 e. The minimum absolute atomic E-state index is 0.0494. The average Bonchev–Trinajstić information content (AvgIpc) is 2.18. The monoisotopic (exact) mass is 187 g/mol. The molecule has 2 heterocycles. The van der Waals surface area contributed by atoms with Gasteiger partial charge in [-0.2, -0.15) is 0 Å². The normalized spacial score (nSPS) is 20.9. The van der Waals surface area contributed by atoms with Crippen LogP contribution < -0.4 is 0 Å². The molecule has 14 heavy (non-hydrogen) atoms. The molecular weight excluding hydrogens is 180 g/mol. The Morgan fingerprint density at radius 1 is 1.21 bits per heavy atom. The number of carbonyl (C=O) groups is 2. The molecular formula is C10H7N2O2. The van der Waals surface area contributed by atoms with E-state index in [9.17, 15) is 9.59 Å². The van der Waals surface area contributed by atoms with Gasteiger partial charge in [0, 0.05) is 31.3 Å². The summed E-state index contributed by atoms with van der Waals surface area (Å²) in [6, 6.07) is 0. The first-order valence-electron chi connectivity index (χ1n) is 4.22. The van der Waals surface area contributed by atoms with Gasteiger partial charge >= 0.3 is 0 Å². The van der Waals surface area contributed by atoms with Gasteiger partial charge in [0.25, 0.3) is 0 Å². The van der Waals surface area contributed by atoms with Crippen molar-refractivity contribution in [2.75, 3.05) is 0 Å². The van der Waals surface area contributed by atoms with Crippen LogP contribution in [0.1, 0.15) is 12.8 Å². The van der Waals surface area contributed by atoms with Crippen molar-refractivity contribution in [2.45, 2.75) is 12.8 Å². The van der Waals surface area contributed by atoms with Crippen molar-refractivity contribution in [1.29, 1.82) is 0 Å². The fourth-order valence-electron chi connectivity index (χ4n) is 1.22. The summed E-state index contributed by atoms with van der Waals surface area (Å²) in [5.41, 5.74) is 0.680. The maximum Gasteiger partial charge on any atom is 0.172 e.